The van der Waals surface area contributed by atoms with E-state index in [1.807, 2.05) is 0 Å². The van der Waals surface area contributed by atoms with E-state index < -0.39 is 17.5 Å². The normalized spacial score (nSPS) is 10.6. The average Bonchev–Trinajstić information content (AvgIpc) is 2.25. The standard InChI is InChI=1S/C13H8BrClF3N/c14-11-4-10(17)5-12(18)13(11)19-6-7-1-8(15)3-9(16)2-7/h1-5,19H,6H2. The highest BCUT2D eigenvalue weighted by atomic mass is 79.9. The van der Waals surface area contributed by atoms with Gasteiger partial charge in [-0.05, 0) is 45.8 Å². The van der Waals surface area contributed by atoms with Gasteiger partial charge >= 0.3 is 0 Å². The summed E-state index contributed by atoms with van der Waals surface area (Å²) in [6.07, 6.45) is 0. The Morgan fingerprint density at radius 2 is 1.68 bits per heavy atom. The maximum absolute atomic E-state index is 13.5. The summed E-state index contributed by atoms with van der Waals surface area (Å²) in [5.41, 5.74) is 0.669. The summed E-state index contributed by atoms with van der Waals surface area (Å²) in [6.45, 7) is 0.165. The molecule has 0 fully saturated rings. The first kappa shape index (κ1) is 14.2. The lowest BCUT2D eigenvalue weighted by molar-refractivity contribution is 0.583. The Balaban J connectivity index is 2.19. The van der Waals surface area contributed by atoms with Gasteiger partial charge in [-0.3, -0.25) is 0 Å². The van der Waals surface area contributed by atoms with E-state index in [1.165, 1.54) is 12.1 Å². The Morgan fingerprint density at radius 3 is 2.32 bits per heavy atom. The molecule has 100 valence electrons. The van der Waals surface area contributed by atoms with Crippen molar-refractivity contribution in [1.82, 2.24) is 0 Å². The van der Waals surface area contributed by atoms with Gasteiger partial charge in [0.2, 0.25) is 0 Å². The number of benzene rings is 2. The molecule has 0 radical (unpaired) electrons. The number of hydrogen-bond donors (Lipinski definition) is 1. The minimum absolute atomic E-state index is 0.113. The summed E-state index contributed by atoms with van der Waals surface area (Å²) in [5.74, 6) is -1.87. The predicted molar refractivity (Wildman–Crippen MR) is 72.8 cm³/mol. The van der Waals surface area contributed by atoms with Gasteiger partial charge < -0.3 is 5.32 Å². The van der Waals surface area contributed by atoms with Gasteiger partial charge in [0.1, 0.15) is 17.5 Å². The smallest absolute Gasteiger partial charge is 0.150 e. The molecule has 0 amide bonds. The van der Waals surface area contributed by atoms with Crippen molar-refractivity contribution in [3.8, 4) is 0 Å². The predicted octanol–water partition coefficient (Wildman–Crippen LogP) is 5.13. The number of hydrogen-bond acceptors (Lipinski definition) is 1. The fourth-order valence-electron chi connectivity index (χ4n) is 1.61. The monoisotopic (exact) mass is 349 g/mol. The molecule has 0 saturated heterocycles. The summed E-state index contributed by atoms with van der Waals surface area (Å²) in [6, 6.07) is 5.94. The lowest BCUT2D eigenvalue weighted by Crippen LogP contribution is -2.03. The van der Waals surface area contributed by atoms with Crippen LogP contribution >= 0.6 is 27.5 Å². The first-order valence-corrected chi connectivity index (χ1v) is 6.46. The molecule has 0 saturated carbocycles. The van der Waals surface area contributed by atoms with Crippen LogP contribution in [0.2, 0.25) is 5.02 Å². The Kier molecular flexibility index (Phi) is 4.37. The third-order valence-electron chi connectivity index (χ3n) is 2.40. The Labute approximate surface area is 121 Å². The summed E-state index contributed by atoms with van der Waals surface area (Å²) in [5, 5.41) is 3.02. The molecular weight excluding hydrogens is 343 g/mol. The number of anilines is 1. The molecular formula is C13H8BrClF3N. The van der Waals surface area contributed by atoms with Crippen LogP contribution in [0.3, 0.4) is 0 Å². The fourth-order valence-corrected chi connectivity index (χ4v) is 2.41. The molecule has 0 spiro atoms. The molecule has 2 aromatic carbocycles. The minimum atomic E-state index is -0.727. The molecule has 0 aliphatic carbocycles. The van der Waals surface area contributed by atoms with Crippen molar-refractivity contribution in [2.45, 2.75) is 6.54 Å². The van der Waals surface area contributed by atoms with Crippen molar-refractivity contribution in [1.29, 1.82) is 0 Å². The topological polar surface area (TPSA) is 12.0 Å². The van der Waals surface area contributed by atoms with Gasteiger partial charge in [0.15, 0.2) is 0 Å². The second-order valence-electron chi connectivity index (χ2n) is 3.88. The van der Waals surface area contributed by atoms with E-state index in [-0.39, 0.29) is 21.7 Å². The maximum atomic E-state index is 13.5. The molecule has 1 N–H and O–H groups in total. The van der Waals surface area contributed by atoms with E-state index in [4.69, 9.17) is 11.6 Å². The van der Waals surface area contributed by atoms with Gasteiger partial charge in [-0.15, -0.1) is 0 Å². The van der Waals surface area contributed by atoms with Crippen LogP contribution < -0.4 is 5.32 Å². The van der Waals surface area contributed by atoms with Crippen LogP contribution in [0.25, 0.3) is 0 Å². The van der Waals surface area contributed by atoms with Crippen LogP contribution in [0.15, 0.2) is 34.8 Å². The highest BCUT2D eigenvalue weighted by Gasteiger charge is 2.09. The Bertz CT molecular complexity index is 576. The molecule has 0 aliphatic heterocycles. The zero-order chi connectivity index (χ0) is 14.0. The summed E-state index contributed by atoms with van der Waals surface area (Å²) < 4.78 is 39.8. The van der Waals surface area contributed by atoms with E-state index in [2.05, 4.69) is 21.2 Å². The molecule has 0 unspecified atom stereocenters. The first-order chi connectivity index (χ1) is 8.95. The third kappa shape index (κ3) is 3.64. The van der Waals surface area contributed by atoms with Crippen LogP contribution in [0.4, 0.5) is 18.9 Å². The summed E-state index contributed by atoms with van der Waals surface area (Å²) in [7, 11) is 0. The highest BCUT2D eigenvalue weighted by molar-refractivity contribution is 9.10. The summed E-state index contributed by atoms with van der Waals surface area (Å²) >= 11 is 8.77. The van der Waals surface area contributed by atoms with Gasteiger partial charge in [0, 0.05) is 22.1 Å². The first-order valence-electron chi connectivity index (χ1n) is 5.29. The zero-order valence-electron chi connectivity index (χ0n) is 9.48. The fraction of sp³-hybridized carbons (Fsp3) is 0.0769. The molecule has 0 atom stereocenters. The minimum Gasteiger partial charge on any atom is -0.378 e. The van der Waals surface area contributed by atoms with Crippen molar-refractivity contribution < 1.29 is 13.2 Å². The lowest BCUT2D eigenvalue weighted by Gasteiger charge is -2.10. The second-order valence-corrected chi connectivity index (χ2v) is 5.17. The molecule has 0 aromatic heterocycles. The van der Waals surface area contributed by atoms with Crippen molar-refractivity contribution in [2.75, 3.05) is 5.32 Å². The maximum Gasteiger partial charge on any atom is 0.150 e. The van der Waals surface area contributed by atoms with E-state index in [1.54, 1.807) is 6.07 Å². The van der Waals surface area contributed by atoms with E-state index >= 15 is 0 Å². The summed E-state index contributed by atoms with van der Waals surface area (Å²) in [4.78, 5) is 0. The molecule has 2 aromatic rings. The van der Waals surface area contributed by atoms with Crippen molar-refractivity contribution in [3.05, 3.63) is 62.8 Å². The van der Waals surface area contributed by atoms with Crippen LogP contribution in [0, 0.1) is 17.5 Å². The largest absolute Gasteiger partial charge is 0.378 e. The van der Waals surface area contributed by atoms with E-state index in [0.717, 1.165) is 12.1 Å². The zero-order valence-corrected chi connectivity index (χ0v) is 11.8. The van der Waals surface area contributed by atoms with Crippen molar-refractivity contribution in [3.63, 3.8) is 0 Å². The molecule has 0 bridgehead atoms. The van der Waals surface area contributed by atoms with Gasteiger partial charge in [-0.25, -0.2) is 13.2 Å². The molecule has 2 rings (SSSR count). The Morgan fingerprint density at radius 1 is 1.00 bits per heavy atom. The highest BCUT2D eigenvalue weighted by Crippen LogP contribution is 2.27. The molecule has 1 nitrogen and oxygen atoms in total. The van der Waals surface area contributed by atoms with Gasteiger partial charge in [0.05, 0.1) is 5.69 Å². The van der Waals surface area contributed by atoms with Crippen molar-refractivity contribution >= 4 is 33.2 Å². The lowest BCUT2D eigenvalue weighted by atomic mass is 10.2. The van der Waals surface area contributed by atoms with E-state index in [9.17, 15) is 13.2 Å². The number of nitrogens with one attached hydrogen (secondary N) is 1. The molecule has 6 heteroatoms. The third-order valence-corrected chi connectivity index (χ3v) is 3.24. The van der Waals surface area contributed by atoms with Crippen LogP contribution in [0.1, 0.15) is 5.56 Å². The number of halogens is 5. The van der Waals surface area contributed by atoms with E-state index in [0.29, 0.717) is 5.56 Å². The molecule has 0 aliphatic rings. The van der Waals surface area contributed by atoms with Gasteiger partial charge in [0.25, 0.3) is 0 Å². The molecule has 19 heavy (non-hydrogen) atoms. The number of rotatable bonds is 3. The quantitative estimate of drug-likeness (QED) is 0.809. The van der Waals surface area contributed by atoms with Gasteiger partial charge in [-0.2, -0.15) is 0 Å². The Hall–Kier alpha value is -1.20. The second kappa shape index (κ2) is 5.84. The van der Waals surface area contributed by atoms with Crippen LogP contribution in [-0.4, -0.2) is 0 Å². The molecule has 0 heterocycles. The van der Waals surface area contributed by atoms with Crippen LogP contribution in [0.5, 0.6) is 0 Å². The van der Waals surface area contributed by atoms with Crippen LogP contribution in [-0.2, 0) is 6.54 Å². The van der Waals surface area contributed by atoms with Gasteiger partial charge in [-0.1, -0.05) is 11.6 Å². The van der Waals surface area contributed by atoms with Crippen molar-refractivity contribution in [2.24, 2.45) is 0 Å². The average molecular weight is 351 g/mol. The SMILES string of the molecule is Fc1cc(Cl)cc(CNc2c(F)cc(F)cc2Br)c1.